The summed E-state index contributed by atoms with van der Waals surface area (Å²) in [7, 11) is 1.93. The van der Waals surface area contributed by atoms with Gasteiger partial charge in [0.05, 0.1) is 17.4 Å². The number of para-hydroxylation sites is 1. The van der Waals surface area contributed by atoms with Crippen LogP contribution >= 0.6 is 0 Å². The molecule has 3 rings (SSSR count). The van der Waals surface area contributed by atoms with Gasteiger partial charge in [0.25, 0.3) is 5.56 Å². The largest absolute Gasteiger partial charge is 0.378 e. The summed E-state index contributed by atoms with van der Waals surface area (Å²) in [5.74, 6) is 0. The summed E-state index contributed by atoms with van der Waals surface area (Å²) in [4.78, 5) is 12.7. The van der Waals surface area contributed by atoms with E-state index in [2.05, 4.69) is 5.32 Å². The van der Waals surface area contributed by atoms with Crippen LogP contribution in [0.5, 0.6) is 0 Å². The third-order valence-corrected chi connectivity index (χ3v) is 4.64. The van der Waals surface area contributed by atoms with Crippen LogP contribution in [0.4, 0.5) is 0 Å². The van der Waals surface area contributed by atoms with E-state index in [9.17, 15) is 4.79 Å². The Balaban J connectivity index is 1.69. The van der Waals surface area contributed by atoms with Crippen molar-refractivity contribution in [1.29, 1.82) is 0 Å². The Morgan fingerprint density at radius 1 is 1.30 bits per heavy atom. The van der Waals surface area contributed by atoms with Crippen LogP contribution in [0.3, 0.4) is 0 Å². The van der Waals surface area contributed by atoms with Gasteiger partial charge in [0.15, 0.2) is 0 Å². The van der Waals surface area contributed by atoms with Crippen molar-refractivity contribution in [2.24, 2.45) is 7.05 Å². The molecule has 0 radical (unpaired) electrons. The molecule has 0 saturated carbocycles. The van der Waals surface area contributed by atoms with Crippen molar-refractivity contribution < 1.29 is 4.74 Å². The van der Waals surface area contributed by atoms with Crippen molar-refractivity contribution in [3.05, 3.63) is 51.9 Å². The van der Waals surface area contributed by atoms with Crippen molar-refractivity contribution in [3.8, 4) is 5.69 Å². The van der Waals surface area contributed by atoms with Gasteiger partial charge in [-0.15, -0.1) is 0 Å². The molecule has 1 fully saturated rings. The second-order valence-corrected chi connectivity index (χ2v) is 6.14. The van der Waals surface area contributed by atoms with Crippen LogP contribution in [0.15, 0.2) is 35.1 Å². The van der Waals surface area contributed by atoms with Gasteiger partial charge >= 0.3 is 0 Å². The predicted molar refractivity (Wildman–Crippen MR) is 91.0 cm³/mol. The number of nitrogens with one attached hydrogen (secondary N) is 1. The first-order valence-electron chi connectivity index (χ1n) is 8.33. The molecule has 0 bridgehead atoms. The highest BCUT2D eigenvalue weighted by Crippen LogP contribution is 2.14. The lowest BCUT2D eigenvalue weighted by Gasteiger charge is -2.09. The fourth-order valence-corrected chi connectivity index (χ4v) is 3.18. The summed E-state index contributed by atoms with van der Waals surface area (Å²) in [5, 5.41) is 3.40. The number of rotatable bonds is 6. The molecule has 1 aliphatic heterocycles. The first-order valence-corrected chi connectivity index (χ1v) is 8.33. The Morgan fingerprint density at radius 3 is 2.78 bits per heavy atom. The van der Waals surface area contributed by atoms with Gasteiger partial charge in [-0.1, -0.05) is 18.2 Å². The fraction of sp³-hybridized carbons (Fsp3) is 0.500. The van der Waals surface area contributed by atoms with Gasteiger partial charge in [0.1, 0.15) is 0 Å². The maximum absolute atomic E-state index is 12.7. The normalized spacial score (nSPS) is 17.7. The Hall–Kier alpha value is -1.85. The third-order valence-electron chi connectivity index (χ3n) is 4.64. The minimum Gasteiger partial charge on any atom is -0.378 e. The molecule has 124 valence electrons. The topological polar surface area (TPSA) is 48.2 Å². The number of hydrogen-bond acceptors (Lipinski definition) is 3. The molecule has 2 aromatic rings. The molecule has 5 heteroatoms. The Labute approximate surface area is 136 Å². The average Bonchev–Trinajstić information content (AvgIpc) is 3.15. The molecular formula is C18H25N3O2. The van der Waals surface area contributed by atoms with Gasteiger partial charge < -0.3 is 10.1 Å². The molecular weight excluding hydrogens is 290 g/mol. The van der Waals surface area contributed by atoms with E-state index in [0.29, 0.717) is 12.6 Å². The molecule has 0 aliphatic carbocycles. The SMILES string of the molecule is Cc1c(CNCC[C@@H]2CCCO2)c(=O)n(-c2ccccc2)n1C. The molecule has 1 saturated heterocycles. The Kier molecular flexibility index (Phi) is 4.98. The Morgan fingerprint density at radius 2 is 2.09 bits per heavy atom. The van der Waals surface area contributed by atoms with Crippen LogP contribution in [0.2, 0.25) is 0 Å². The first kappa shape index (κ1) is 16.0. The zero-order valence-electron chi connectivity index (χ0n) is 13.9. The summed E-state index contributed by atoms with van der Waals surface area (Å²) in [6.45, 7) is 4.37. The van der Waals surface area contributed by atoms with Gasteiger partial charge in [0, 0.05) is 25.9 Å². The summed E-state index contributed by atoms with van der Waals surface area (Å²) in [6.07, 6.45) is 3.73. The van der Waals surface area contributed by atoms with E-state index in [4.69, 9.17) is 4.74 Å². The number of nitrogens with zero attached hydrogens (tertiary/aromatic N) is 2. The van der Waals surface area contributed by atoms with E-state index in [1.807, 2.05) is 49.0 Å². The molecule has 0 amide bonds. The van der Waals surface area contributed by atoms with Crippen molar-refractivity contribution in [3.63, 3.8) is 0 Å². The number of benzene rings is 1. The van der Waals surface area contributed by atoms with Gasteiger partial charge in [-0.05, 0) is 44.9 Å². The lowest BCUT2D eigenvalue weighted by atomic mass is 10.2. The fourth-order valence-electron chi connectivity index (χ4n) is 3.18. The molecule has 1 N–H and O–H groups in total. The molecule has 1 aromatic heterocycles. The van der Waals surface area contributed by atoms with Crippen LogP contribution < -0.4 is 10.9 Å². The maximum atomic E-state index is 12.7. The van der Waals surface area contributed by atoms with Gasteiger partial charge in [0.2, 0.25) is 0 Å². The second kappa shape index (κ2) is 7.15. The zero-order valence-corrected chi connectivity index (χ0v) is 13.9. The average molecular weight is 315 g/mol. The summed E-state index contributed by atoms with van der Waals surface area (Å²) >= 11 is 0. The molecule has 0 spiro atoms. The summed E-state index contributed by atoms with van der Waals surface area (Å²) in [6, 6.07) is 9.76. The molecule has 1 aliphatic rings. The molecule has 23 heavy (non-hydrogen) atoms. The molecule has 2 heterocycles. The highest BCUT2D eigenvalue weighted by atomic mass is 16.5. The van der Waals surface area contributed by atoms with E-state index in [-0.39, 0.29) is 5.56 Å². The second-order valence-electron chi connectivity index (χ2n) is 6.14. The van der Waals surface area contributed by atoms with E-state index in [0.717, 1.165) is 42.9 Å². The van der Waals surface area contributed by atoms with Gasteiger partial charge in [-0.3, -0.25) is 9.48 Å². The van der Waals surface area contributed by atoms with Gasteiger partial charge in [-0.25, -0.2) is 4.68 Å². The number of ether oxygens (including phenoxy) is 1. The number of aromatic nitrogens is 2. The van der Waals surface area contributed by atoms with E-state index < -0.39 is 0 Å². The number of hydrogen-bond donors (Lipinski definition) is 1. The van der Waals surface area contributed by atoms with Crippen LogP contribution in [0.25, 0.3) is 5.69 Å². The Bertz CT molecular complexity index is 697. The third kappa shape index (κ3) is 3.41. The minimum absolute atomic E-state index is 0.0563. The molecule has 0 unspecified atom stereocenters. The van der Waals surface area contributed by atoms with Crippen LogP contribution in [-0.4, -0.2) is 28.6 Å². The smallest absolute Gasteiger partial charge is 0.276 e. The van der Waals surface area contributed by atoms with Gasteiger partial charge in [-0.2, -0.15) is 0 Å². The van der Waals surface area contributed by atoms with E-state index in [1.54, 1.807) is 4.68 Å². The van der Waals surface area contributed by atoms with Crippen LogP contribution in [-0.2, 0) is 18.3 Å². The molecule has 5 nitrogen and oxygen atoms in total. The van der Waals surface area contributed by atoms with E-state index >= 15 is 0 Å². The lowest BCUT2D eigenvalue weighted by molar-refractivity contribution is 0.104. The van der Waals surface area contributed by atoms with E-state index in [1.165, 1.54) is 6.42 Å². The van der Waals surface area contributed by atoms with Crippen molar-refractivity contribution in [1.82, 2.24) is 14.7 Å². The molecule has 1 aromatic carbocycles. The first-order chi connectivity index (χ1) is 11.2. The monoisotopic (exact) mass is 315 g/mol. The quantitative estimate of drug-likeness (QED) is 0.831. The lowest BCUT2D eigenvalue weighted by Crippen LogP contribution is -2.25. The standard InChI is InChI=1S/C18H25N3O2/c1-14-17(13-19-11-10-16-9-6-12-23-16)18(22)21(20(14)2)15-7-4-3-5-8-15/h3-5,7-8,16,19H,6,9-13H2,1-2H3/t16-/m0/s1. The summed E-state index contributed by atoms with van der Waals surface area (Å²) in [5.41, 5.74) is 2.79. The van der Waals surface area contributed by atoms with Crippen LogP contribution in [0, 0.1) is 6.92 Å². The van der Waals surface area contributed by atoms with Crippen molar-refractivity contribution >= 4 is 0 Å². The highest BCUT2D eigenvalue weighted by molar-refractivity contribution is 5.33. The zero-order chi connectivity index (χ0) is 16.2. The van der Waals surface area contributed by atoms with Crippen molar-refractivity contribution in [2.45, 2.75) is 38.8 Å². The highest BCUT2D eigenvalue weighted by Gasteiger charge is 2.17. The minimum atomic E-state index is 0.0563. The predicted octanol–water partition coefficient (Wildman–Crippen LogP) is 2.14. The van der Waals surface area contributed by atoms with Crippen LogP contribution in [0.1, 0.15) is 30.5 Å². The van der Waals surface area contributed by atoms with Crippen molar-refractivity contribution in [2.75, 3.05) is 13.2 Å². The molecule has 1 atom stereocenters. The maximum Gasteiger partial charge on any atom is 0.276 e. The summed E-state index contributed by atoms with van der Waals surface area (Å²) < 4.78 is 9.28.